The van der Waals surface area contributed by atoms with Gasteiger partial charge in [-0.15, -0.1) is 11.3 Å². The number of anilines is 1. The fourth-order valence-corrected chi connectivity index (χ4v) is 5.48. The SMILES string of the molecule is CCN(c1csc(-c2ccc(F)cc2F)n1)S(=O)(=O)c1cc(C)c(C)c(C(=O)OC)c1. The van der Waals surface area contributed by atoms with E-state index in [0.717, 1.165) is 27.8 Å². The number of rotatable bonds is 6. The van der Waals surface area contributed by atoms with E-state index in [9.17, 15) is 22.0 Å². The van der Waals surface area contributed by atoms with Crippen LogP contribution in [0.4, 0.5) is 14.6 Å². The molecule has 2 aromatic carbocycles. The quantitative estimate of drug-likeness (QED) is 0.492. The molecule has 0 saturated carbocycles. The third kappa shape index (κ3) is 4.31. The van der Waals surface area contributed by atoms with Crippen molar-refractivity contribution in [3.8, 4) is 10.6 Å². The Labute approximate surface area is 183 Å². The van der Waals surface area contributed by atoms with Gasteiger partial charge in [-0.25, -0.2) is 31.3 Å². The molecule has 0 amide bonds. The zero-order valence-electron chi connectivity index (χ0n) is 17.3. The highest BCUT2D eigenvalue weighted by molar-refractivity contribution is 7.92. The number of thiazole rings is 1. The number of carbonyl (C=O) groups is 1. The molecule has 0 aliphatic rings. The number of ether oxygens (including phenoxy) is 1. The van der Waals surface area contributed by atoms with E-state index >= 15 is 0 Å². The second-order valence-corrected chi connectivity index (χ2v) is 9.43. The third-order valence-corrected chi connectivity index (χ3v) is 7.55. The molecule has 0 unspecified atom stereocenters. The van der Waals surface area contributed by atoms with Crippen molar-refractivity contribution in [3.63, 3.8) is 0 Å². The molecular weight excluding hydrogens is 446 g/mol. The van der Waals surface area contributed by atoms with Crippen molar-refractivity contribution in [2.75, 3.05) is 18.0 Å². The van der Waals surface area contributed by atoms with E-state index in [-0.39, 0.29) is 33.4 Å². The van der Waals surface area contributed by atoms with Crippen LogP contribution >= 0.6 is 11.3 Å². The van der Waals surface area contributed by atoms with Crippen LogP contribution in [-0.4, -0.2) is 33.0 Å². The number of aryl methyl sites for hydroxylation is 1. The Bertz CT molecular complexity index is 1260. The Morgan fingerprint density at radius 2 is 1.90 bits per heavy atom. The Balaban J connectivity index is 2.06. The topological polar surface area (TPSA) is 76.6 Å². The lowest BCUT2D eigenvalue weighted by Crippen LogP contribution is -2.31. The molecule has 10 heteroatoms. The highest BCUT2D eigenvalue weighted by Crippen LogP contribution is 2.33. The van der Waals surface area contributed by atoms with Crippen LogP contribution in [-0.2, 0) is 14.8 Å². The minimum atomic E-state index is -4.08. The minimum absolute atomic E-state index is 0.0535. The number of carbonyl (C=O) groups excluding carboxylic acids is 1. The summed E-state index contributed by atoms with van der Waals surface area (Å²) in [5.41, 5.74) is 1.47. The lowest BCUT2D eigenvalue weighted by atomic mass is 10.0. The molecule has 0 bridgehead atoms. The first-order chi connectivity index (χ1) is 14.6. The molecule has 0 atom stereocenters. The average molecular weight is 467 g/mol. The van der Waals surface area contributed by atoms with Crippen molar-refractivity contribution in [2.45, 2.75) is 25.7 Å². The monoisotopic (exact) mass is 466 g/mol. The number of benzene rings is 2. The molecule has 3 aromatic rings. The van der Waals surface area contributed by atoms with E-state index in [4.69, 9.17) is 4.74 Å². The van der Waals surface area contributed by atoms with Crippen LogP contribution in [0.25, 0.3) is 10.6 Å². The van der Waals surface area contributed by atoms with Gasteiger partial charge in [0.25, 0.3) is 10.0 Å². The van der Waals surface area contributed by atoms with E-state index in [2.05, 4.69) is 4.98 Å². The first kappa shape index (κ1) is 22.8. The highest BCUT2D eigenvalue weighted by Gasteiger charge is 2.28. The number of hydrogen-bond donors (Lipinski definition) is 0. The second-order valence-electron chi connectivity index (χ2n) is 6.71. The van der Waals surface area contributed by atoms with Crippen molar-refractivity contribution in [1.82, 2.24) is 4.98 Å². The van der Waals surface area contributed by atoms with Gasteiger partial charge in [-0.1, -0.05) is 0 Å². The Morgan fingerprint density at radius 1 is 1.19 bits per heavy atom. The maximum atomic E-state index is 14.1. The normalized spacial score (nSPS) is 11.4. The summed E-state index contributed by atoms with van der Waals surface area (Å²) in [4.78, 5) is 16.3. The molecule has 3 rings (SSSR count). The molecule has 1 heterocycles. The molecule has 31 heavy (non-hydrogen) atoms. The van der Waals surface area contributed by atoms with Crippen molar-refractivity contribution in [1.29, 1.82) is 0 Å². The largest absolute Gasteiger partial charge is 0.465 e. The number of halogens is 2. The molecular formula is C21H20F2N2O4S2. The fraction of sp³-hybridized carbons (Fsp3) is 0.238. The summed E-state index contributed by atoms with van der Waals surface area (Å²) in [5, 5.41) is 1.71. The van der Waals surface area contributed by atoms with Crippen LogP contribution in [0.2, 0.25) is 0 Å². The van der Waals surface area contributed by atoms with Gasteiger partial charge in [0, 0.05) is 23.6 Å². The van der Waals surface area contributed by atoms with Gasteiger partial charge in [0.05, 0.1) is 17.6 Å². The lowest BCUT2D eigenvalue weighted by Gasteiger charge is -2.21. The summed E-state index contributed by atoms with van der Waals surface area (Å²) in [7, 11) is -2.85. The molecule has 0 fully saturated rings. The van der Waals surface area contributed by atoms with Gasteiger partial charge in [0.15, 0.2) is 5.82 Å². The summed E-state index contributed by atoms with van der Waals surface area (Å²) in [6.07, 6.45) is 0. The minimum Gasteiger partial charge on any atom is -0.465 e. The van der Waals surface area contributed by atoms with E-state index < -0.39 is 27.6 Å². The molecule has 0 saturated heterocycles. The van der Waals surface area contributed by atoms with Gasteiger partial charge < -0.3 is 4.74 Å². The van der Waals surface area contributed by atoms with Gasteiger partial charge in [0.1, 0.15) is 16.6 Å². The number of sulfonamides is 1. The van der Waals surface area contributed by atoms with Crippen molar-refractivity contribution >= 4 is 33.1 Å². The fourth-order valence-electron chi connectivity index (χ4n) is 3.05. The van der Waals surface area contributed by atoms with Crippen LogP contribution in [0.15, 0.2) is 40.6 Å². The Kier molecular flexibility index (Phi) is 6.42. The maximum Gasteiger partial charge on any atom is 0.338 e. The van der Waals surface area contributed by atoms with Crippen LogP contribution in [0.3, 0.4) is 0 Å². The molecule has 0 aliphatic carbocycles. The zero-order valence-corrected chi connectivity index (χ0v) is 18.9. The van der Waals surface area contributed by atoms with Crippen molar-refractivity contribution < 1.29 is 26.7 Å². The zero-order chi connectivity index (χ0) is 22.9. The number of esters is 1. The smallest absolute Gasteiger partial charge is 0.338 e. The van der Waals surface area contributed by atoms with Gasteiger partial charge in [-0.05, 0) is 56.2 Å². The average Bonchev–Trinajstić information content (AvgIpc) is 3.18. The van der Waals surface area contributed by atoms with Crippen LogP contribution < -0.4 is 4.31 Å². The maximum absolute atomic E-state index is 14.1. The van der Waals surface area contributed by atoms with E-state index in [1.54, 1.807) is 20.8 Å². The third-order valence-electron chi connectivity index (χ3n) is 4.83. The molecule has 1 aromatic heterocycles. The standard InChI is InChI=1S/C21H20F2N2O4S2/c1-5-25(19-11-30-20(24-19)16-7-6-14(22)9-18(16)23)31(27,28)15-8-12(2)13(3)17(10-15)21(26)29-4/h6-11H,5H2,1-4H3. The van der Waals surface area contributed by atoms with Crippen LogP contribution in [0.1, 0.15) is 28.4 Å². The van der Waals surface area contributed by atoms with E-state index in [1.165, 1.54) is 30.7 Å². The van der Waals surface area contributed by atoms with Gasteiger partial charge in [0.2, 0.25) is 0 Å². The number of methoxy groups -OCH3 is 1. The number of nitrogens with zero attached hydrogens (tertiary/aromatic N) is 2. The second kappa shape index (κ2) is 8.72. The van der Waals surface area contributed by atoms with Gasteiger partial charge >= 0.3 is 5.97 Å². The van der Waals surface area contributed by atoms with Gasteiger partial charge in [-0.2, -0.15) is 0 Å². The predicted octanol–water partition coefficient (Wildman–Crippen LogP) is 4.71. The summed E-state index contributed by atoms with van der Waals surface area (Å²) in [6.45, 7) is 5.10. The first-order valence-electron chi connectivity index (χ1n) is 9.23. The van der Waals surface area contributed by atoms with Crippen molar-refractivity contribution in [2.24, 2.45) is 0 Å². The molecule has 0 aliphatic heterocycles. The Morgan fingerprint density at radius 3 is 2.52 bits per heavy atom. The molecule has 0 spiro atoms. The lowest BCUT2D eigenvalue weighted by molar-refractivity contribution is 0.0599. The summed E-state index contributed by atoms with van der Waals surface area (Å²) in [6, 6.07) is 5.86. The van der Waals surface area contributed by atoms with E-state index in [1.807, 2.05) is 0 Å². The predicted molar refractivity (Wildman–Crippen MR) is 115 cm³/mol. The van der Waals surface area contributed by atoms with Crippen molar-refractivity contribution in [3.05, 3.63) is 64.0 Å². The summed E-state index contributed by atoms with van der Waals surface area (Å²) >= 11 is 1.04. The van der Waals surface area contributed by atoms with E-state index in [0.29, 0.717) is 11.1 Å². The van der Waals surface area contributed by atoms with Gasteiger partial charge in [-0.3, -0.25) is 0 Å². The van der Waals surface area contributed by atoms with Crippen LogP contribution in [0, 0.1) is 25.5 Å². The summed E-state index contributed by atoms with van der Waals surface area (Å²) in [5.74, 6) is -2.04. The number of hydrogen-bond acceptors (Lipinski definition) is 6. The Hall–Kier alpha value is -2.85. The molecule has 164 valence electrons. The molecule has 0 N–H and O–H groups in total. The molecule has 6 nitrogen and oxygen atoms in total. The summed E-state index contributed by atoms with van der Waals surface area (Å²) < 4.78 is 59.9. The molecule has 0 radical (unpaired) electrons. The highest BCUT2D eigenvalue weighted by atomic mass is 32.2. The number of aromatic nitrogens is 1. The van der Waals surface area contributed by atoms with Crippen LogP contribution in [0.5, 0.6) is 0 Å². The first-order valence-corrected chi connectivity index (χ1v) is 11.5.